The first-order valence-electron chi connectivity index (χ1n) is 3.66. The average Bonchev–Trinajstić information content (AvgIpc) is 2.47. The second-order valence-corrected chi connectivity index (χ2v) is 5.73. The molecule has 4 heteroatoms. The first-order chi connectivity index (χ1) is 6.22. The SMILES string of the molecule is CSc1csc2cc(S)cc(Br)c12. The zero-order chi connectivity index (χ0) is 9.42. The first-order valence-corrected chi connectivity index (χ1v) is 7.00. The Morgan fingerprint density at radius 3 is 2.92 bits per heavy atom. The molecule has 0 radical (unpaired) electrons. The van der Waals surface area contributed by atoms with Gasteiger partial charge in [0.25, 0.3) is 0 Å². The molecule has 0 saturated carbocycles. The number of halogens is 1. The van der Waals surface area contributed by atoms with Crippen molar-refractivity contribution in [2.45, 2.75) is 9.79 Å². The summed E-state index contributed by atoms with van der Waals surface area (Å²) in [6.45, 7) is 0. The molecular weight excluding hydrogens is 284 g/mol. The highest BCUT2D eigenvalue weighted by Crippen LogP contribution is 2.38. The maximum atomic E-state index is 4.34. The molecule has 0 aliphatic carbocycles. The fourth-order valence-corrected chi connectivity index (χ4v) is 4.59. The van der Waals surface area contributed by atoms with Gasteiger partial charge in [-0.3, -0.25) is 0 Å². The van der Waals surface area contributed by atoms with Crippen molar-refractivity contribution in [1.29, 1.82) is 0 Å². The summed E-state index contributed by atoms with van der Waals surface area (Å²) in [4.78, 5) is 2.34. The van der Waals surface area contributed by atoms with Crippen LogP contribution >= 0.6 is 51.7 Å². The molecule has 1 aromatic heterocycles. The zero-order valence-corrected chi connectivity index (χ0v) is 11.0. The minimum Gasteiger partial charge on any atom is -0.143 e. The van der Waals surface area contributed by atoms with Gasteiger partial charge >= 0.3 is 0 Å². The lowest BCUT2D eigenvalue weighted by molar-refractivity contribution is 1.49. The van der Waals surface area contributed by atoms with Crippen LogP contribution in [0.3, 0.4) is 0 Å². The summed E-state index contributed by atoms with van der Waals surface area (Å²) < 4.78 is 2.43. The van der Waals surface area contributed by atoms with Crippen LogP contribution in [0.15, 0.2) is 31.8 Å². The van der Waals surface area contributed by atoms with E-state index in [-0.39, 0.29) is 0 Å². The van der Waals surface area contributed by atoms with E-state index in [0.717, 1.165) is 9.37 Å². The van der Waals surface area contributed by atoms with Crippen molar-refractivity contribution in [3.63, 3.8) is 0 Å². The summed E-state index contributed by atoms with van der Waals surface area (Å²) in [5, 5.41) is 3.50. The monoisotopic (exact) mass is 290 g/mol. The average molecular weight is 291 g/mol. The van der Waals surface area contributed by atoms with Crippen molar-refractivity contribution in [1.82, 2.24) is 0 Å². The molecule has 0 bridgehead atoms. The van der Waals surface area contributed by atoms with Gasteiger partial charge in [0.1, 0.15) is 0 Å². The number of thiol groups is 1. The molecule has 68 valence electrons. The maximum absolute atomic E-state index is 4.34. The Hall–Kier alpha value is 0.360. The van der Waals surface area contributed by atoms with E-state index < -0.39 is 0 Å². The third-order valence-electron chi connectivity index (χ3n) is 1.80. The Morgan fingerprint density at radius 2 is 2.23 bits per heavy atom. The summed E-state index contributed by atoms with van der Waals surface area (Å²) >= 11 is 11.4. The molecule has 1 aromatic carbocycles. The quantitative estimate of drug-likeness (QED) is 0.588. The molecule has 0 aliphatic heterocycles. The van der Waals surface area contributed by atoms with Gasteiger partial charge in [-0.2, -0.15) is 0 Å². The summed E-state index contributed by atoms with van der Waals surface area (Å²) in [5.74, 6) is 0. The second kappa shape index (κ2) is 3.85. The summed E-state index contributed by atoms with van der Waals surface area (Å²) in [6, 6.07) is 4.14. The number of hydrogen-bond donors (Lipinski definition) is 1. The highest BCUT2D eigenvalue weighted by molar-refractivity contribution is 9.10. The molecule has 13 heavy (non-hydrogen) atoms. The Morgan fingerprint density at radius 1 is 1.46 bits per heavy atom. The van der Waals surface area contributed by atoms with Crippen molar-refractivity contribution < 1.29 is 0 Å². The van der Waals surface area contributed by atoms with E-state index in [1.54, 1.807) is 23.1 Å². The van der Waals surface area contributed by atoms with E-state index in [2.05, 4.69) is 46.3 Å². The van der Waals surface area contributed by atoms with Gasteiger partial charge in [-0.25, -0.2) is 0 Å². The van der Waals surface area contributed by atoms with E-state index in [4.69, 9.17) is 0 Å². The minimum atomic E-state index is 1.01. The van der Waals surface area contributed by atoms with Crippen LogP contribution in [-0.4, -0.2) is 6.26 Å². The van der Waals surface area contributed by atoms with Crippen LogP contribution in [0.5, 0.6) is 0 Å². The Bertz CT molecular complexity index is 447. The van der Waals surface area contributed by atoms with E-state index in [1.807, 2.05) is 6.07 Å². The van der Waals surface area contributed by atoms with Crippen LogP contribution in [0.1, 0.15) is 0 Å². The number of hydrogen-bond acceptors (Lipinski definition) is 3. The van der Waals surface area contributed by atoms with Crippen LogP contribution in [0, 0.1) is 0 Å². The fraction of sp³-hybridized carbons (Fsp3) is 0.111. The highest BCUT2D eigenvalue weighted by Gasteiger charge is 2.07. The van der Waals surface area contributed by atoms with Gasteiger partial charge in [0, 0.05) is 29.7 Å². The largest absolute Gasteiger partial charge is 0.143 e. The van der Waals surface area contributed by atoms with Crippen molar-refractivity contribution in [2.24, 2.45) is 0 Å². The molecule has 0 atom stereocenters. The highest BCUT2D eigenvalue weighted by atomic mass is 79.9. The first kappa shape index (κ1) is 9.90. The number of thioether (sulfide) groups is 1. The van der Waals surface area contributed by atoms with Crippen molar-refractivity contribution in [3.05, 3.63) is 22.0 Å². The van der Waals surface area contributed by atoms with Crippen molar-refractivity contribution >= 4 is 61.7 Å². The van der Waals surface area contributed by atoms with Crippen LogP contribution in [-0.2, 0) is 0 Å². The smallest absolute Gasteiger partial charge is 0.0376 e. The Balaban J connectivity index is 2.82. The summed E-state index contributed by atoms with van der Waals surface area (Å²) in [7, 11) is 0. The fourth-order valence-electron chi connectivity index (χ4n) is 1.23. The zero-order valence-electron chi connectivity index (χ0n) is 6.87. The number of rotatable bonds is 1. The van der Waals surface area contributed by atoms with E-state index in [1.165, 1.54) is 15.0 Å². The third-order valence-corrected chi connectivity index (χ3v) is 4.52. The van der Waals surface area contributed by atoms with Crippen molar-refractivity contribution in [3.8, 4) is 0 Å². The lowest BCUT2D eigenvalue weighted by Crippen LogP contribution is -1.71. The summed E-state index contributed by atoms with van der Waals surface area (Å²) in [5.41, 5.74) is 0. The predicted octanol–water partition coefficient (Wildman–Crippen LogP) is 4.67. The van der Waals surface area contributed by atoms with Crippen LogP contribution in [0.25, 0.3) is 10.1 Å². The molecule has 1 heterocycles. The summed E-state index contributed by atoms with van der Waals surface area (Å²) in [6.07, 6.45) is 2.10. The standard InChI is InChI=1S/C9H7BrS3/c1-12-8-4-13-7-3-5(11)2-6(10)9(7)8/h2-4,11H,1H3. The molecule has 0 spiro atoms. The second-order valence-electron chi connectivity index (χ2n) is 2.60. The maximum Gasteiger partial charge on any atom is 0.0376 e. The van der Waals surface area contributed by atoms with E-state index >= 15 is 0 Å². The molecule has 0 fully saturated rings. The van der Waals surface area contributed by atoms with E-state index in [0.29, 0.717) is 0 Å². The lowest BCUT2D eigenvalue weighted by Gasteiger charge is -1.99. The molecule has 2 aromatic rings. The minimum absolute atomic E-state index is 1.01. The molecule has 0 N–H and O–H groups in total. The molecular formula is C9H7BrS3. The van der Waals surface area contributed by atoms with Crippen LogP contribution in [0.2, 0.25) is 0 Å². The molecule has 0 nitrogen and oxygen atoms in total. The molecule has 0 unspecified atom stereocenters. The van der Waals surface area contributed by atoms with Gasteiger partial charge in [0.2, 0.25) is 0 Å². The molecule has 2 rings (SSSR count). The van der Waals surface area contributed by atoms with E-state index in [9.17, 15) is 0 Å². The lowest BCUT2D eigenvalue weighted by atomic mass is 10.3. The van der Waals surface area contributed by atoms with Gasteiger partial charge in [-0.15, -0.1) is 35.7 Å². The topological polar surface area (TPSA) is 0 Å². The van der Waals surface area contributed by atoms with Gasteiger partial charge in [0.15, 0.2) is 0 Å². The third kappa shape index (κ3) is 1.77. The van der Waals surface area contributed by atoms with Crippen molar-refractivity contribution in [2.75, 3.05) is 6.26 Å². The molecule has 0 saturated heterocycles. The Labute approximate surface area is 99.3 Å². The molecule has 0 aliphatic rings. The normalized spacial score (nSPS) is 11.0. The number of benzene rings is 1. The van der Waals surface area contributed by atoms with Crippen LogP contribution < -0.4 is 0 Å². The van der Waals surface area contributed by atoms with Gasteiger partial charge in [0.05, 0.1) is 0 Å². The predicted molar refractivity (Wildman–Crippen MR) is 68.6 cm³/mol. The number of fused-ring (bicyclic) bond motifs is 1. The van der Waals surface area contributed by atoms with Gasteiger partial charge < -0.3 is 0 Å². The number of thiophene rings is 1. The van der Waals surface area contributed by atoms with Crippen LogP contribution in [0.4, 0.5) is 0 Å². The van der Waals surface area contributed by atoms with Gasteiger partial charge in [-0.1, -0.05) is 15.9 Å². The molecule has 0 amide bonds. The van der Waals surface area contributed by atoms with Gasteiger partial charge in [-0.05, 0) is 18.4 Å². The Kier molecular flexibility index (Phi) is 2.93.